The molecule has 2 rings (SSSR count). The molecule has 0 amide bonds. The second-order valence-corrected chi connectivity index (χ2v) is 5.68. The molecular formula is C17H26N6. The van der Waals surface area contributed by atoms with Crippen molar-refractivity contribution in [3.8, 4) is 0 Å². The van der Waals surface area contributed by atoms with Crippen molar-refractivity contribution in [3.63, 3.8) is 0 Å². The Bertz CT molecular complexity index is 686. The summed E-state index contributed by atoms with van der Waals surface area (Å²) in [7, 11) is 3.76. The van der Waals surface area contributed by atoms with E-state index in [1.165, 1.54) is 22.4 Å². The summed E-state index contributed by atoms with van der Waals surface area (Å²) in [4.78, 5) is 8.40. The van der Waals surface area contributed by atoms with Crippen molar-refractivity contribution >= 4 is 5.96 Å². The first kappa shape index (κ1) is 17.0. The van der Waals surface area contributed by atoms with Crippen LogP contribution in [0.2, 0.25) is 0 Å². The molecule has 2 N–H and O–H groups in total. The molecule has 6 heteroatoms. The zero-order valence-electron chi connectivity index (χ0n) is 14.6. The molecule has 0 saturated heterocycles. The Kier molecular flexibility index (Phi) is 5.73. The van der Waals surface area contributed by atoms with E-state index in [-0.39, 0.29) is 0 Å². The summed E-state index contributed by atoms with van der Waals surface area (Å²) in [5, 5.41) is 11.1. The highest BCUT2D eigenvalue weighted by molar-refractivity contribution is 5.79. The molecule has 0 saturated carbocycles. The molecule has 0 atom stereocenters. The number of nitrogens with one attached hydrogen (secondary N) is 2. The van der Waals surface area contributed by atoms with Crippen LogP contribution in [0.1, 0.15) is 28.1 Å². The summed E-state index contributed by atoms with van der Waals surface area (Å²) < 4.78 is 1.91. The van der Waals surface area contributed by atoms with Gasteiger partial charge in [0.15, 0.2) is 5.96 Å². The summed E-state index contributed by atoms with van der Waals surface area (Å²) in [6, 6.07) is 2.07. The number of pyridine rings is 1. The number of aryl methyl sites for hydroxylation is 3. The Hall–Kier alpha value is -2.37. The number of nitrogens with zero attached hydrogens (tertiary/aromatic N) is 4. The minimum absolute atomic E-state index is 0.722. The van der Waals surface area contributed by atoms with Crippen LogP contribution in [0.25, 0.3) is 0 Å². The quantitative estimate of drug-likeness (QED) is 0.650. The van der Waals surface area contributed by atoms with E-state index in [2.05, 4.69) is 45.6 Å². The normalized spacial score (nSPS) is 11.6. The summed E-state index contributed by atoms with van der Waals surface area (Å²) in [5.74, 6) is 0.805. The lowest BCUT2D eigenvalue weighted by atomic mass is 10.1. The van der Waals surface area contributed by atoms with Gasteiger partial charge in [0.2, 0.25) is 0 Å². The van der Waals surface area contributed by atoms with E-state index in [9.17, 15) is 0 Å². The predicted molar refractivity (Wildman–Crippen MR) is 93.6 cm³/mol. The number of hydrogen-bond acceptors (Lipinski definition) is 3. The molecule has 0 spiro atoms. The third-order valence-electron chi connectivity index (χ3n) is 4.14. The highest BCUT2D eigenvalue weighted by Crippen LogP contribution is 2.11. The smallest absolute Gasteiger partial charge is 0.191 e. The molecule has 0 aliphatic carbocycles. The van der Waals surface area contributed by atoms with E-state index in [0.29, 0.717) is 0 Å². The maximum absolute atomic E-state index is 4.44. The van der Waals surface area contributed by atoms with Gasteiger partial charge in [-0.1, -0.05) is 0 Å². The molecule has 0 aliphatic rings. The van der Waals surface area contributed by atoms with E-state index < -0.39 is 0 Å². The van der Waals surface area contributed by atoms with Gasteiger partial charge in [0.25, 0.3) is 0 Å². The van der Waals surface area contributed by atoms with Crippen molar-refractivity contribution in [2.45, 2.75) is 33.7 Å². The summed E-state index contributed by atoms with van der Waals surface area (Å²) in [6.45, 7) is 7.75. The van der Waals surface area contributed by atoms with Gasteiger partial charge in [-0.3, -0.25) is 14.7 Å². The average molecular weight is 314 g/mol. The Labute approximate surface area is 138 Å². The van der Waals surface area contributed by atoms with Gasteiger partial charge in [0, 0.05) is 50.8 Å². The summed E-state index contributed by atoms with van der Waals surface area (Å²) in [6.07, 6.45) is 4.68. The van der Waals surface area contributed by atoms with Gasteiger partial charge in [-0.05, 0) is 44.4 Å². The highest BCUT2D eigenvalue weighted by atomic mass is 15.3. The van der Waals surface area contributed by atoms with Crippen LogP contribution in [0.15, 0.2) is 23.5 Å². The Morgan fingerprint density at radius 2 is 2.04 bits per heavy atom. The van der Waals surface area contributed by atoms with Crippen LogP contribution in [0.4, 0.5) is 0 Å². The molecule has 23 heavy (non-hydrogen) atoms. The number of guanidine groups is 1. The van der Waals surface area contributed by atoms with Crippen LogP contribution in [-0.2, 0) is 20.0 Å². The maximum Gasteiger partial charge on any atom is 0.191 e. The van der Waals surface area contributed by atoms with E-state index >= 15 is 0 Å². The van der Waals surface area contributed by atoms with Crippen molar-refractivity contribution in [2.24, 2.45) is 12.0 Å². The number of aliphatic imine (C=N–C) groups is 1. The fourth-order valence-electron chi connectivity index (χ4n) is 2.56. The number of rotatable bonds is 5. The molecule has 2 aromatic rings. The van der Waals surface area contributed by atoms with Crippen LogP contribution in [0.3, 0.4) is 0 Å². The molecular weight excluding hydrogens is 288 g/mol. The monoisotopic (exact) mass is 314 g/mol. The maximum atomic E-state index is 4.44. The molecule has 6 nitrogen and oxygen atoms in total. The second-order valence-electron chi connectivity index (χ2n) is 5.68. The molecule has 0 fully saturated rings. The molecule has 0 unspecified atom stereocenters. The van der Waals surface area contributed by atoms with Crippen LogP contribution < -0.4 is 10.6 Å². The Morgan fingerprint density at radius 1 is 1.26 bits per heavy atom. The summed E-state index contributed by atoms with van der Waals surface area (Å²) >= 11 is 0. The van der Waals surface area contributed by atoms with Crippen LogP contribution >= 0.6 is 0 Å². The standard InChI is InChI=1S/C17H26N6/c1-12-10-19-8-6-15(12)7-9-20-17(18-4)21-11-16-13(2)22-23(5)14(16)3/h6,8,10H,7,9,11H2,1-5H3,(H2,18,20,21). The van der Waals surface area contributed by atoms with Gasteiger partial charge in [-0.15, -0.1) is 0 Å². The molecule has 0 aliphatic heterocycles. The van der Waals surface area contributed by atoms with Crippen molar-refractivity contribution in [1.82, 2.24) is 25.4 Å². The first-order chi connectivity index (χ1) is 11.0. The lowest BCUT2D eigenvalue weighted by Crippen LogP contribution is -2.38. The van der Waals surface area contributed by atoms with Crippen LogP contribution in [0.5, 0.6) is 0 Å². The zero-order chi connectivity index (χ0) is 16.8. The topological polar surface area (TPSA) is 67.1 Å². The van der Waals surface area contributed by atoms with Crippen molar-refractivity contribution in [2.75, 3.05) is 13.6 Å². The third-order valence-corrected chi connectivity index (χ3v) is 4.14. The van der Waals surface area contributed by atoms with E-state index in [0.717, 1.165) is 31.2 Å². The van der Waals surface area contributed by atoms with Gasteiger partial charge >= 0.3 is 0 Å². The van der Waals surface area contributed by atoms with Gasteiger partial charge in [-0.2, -0.15) is 5.10 Å². The number of aromatic nitrogens is 3. The molecule has 2 heterocycles. The molecule has 0 aromatic carbocycles. The highest BCUT2D eigenvalue weighted by Gasteiger charge is 2.09. The second kappa shape index (κ2) is 7.76. The predicted octanol–water partition coefficient (Wildman–Crippen LogP) is 1.65. The first-order valence-electron chi connectivity index (χ1n) is 7.86. The van der Waals surface area contributed by atoms with E-state index in [1.54, 1.807) is 7.05 Å². The van der Waals surface area contributed by atoms with Crippen LogP contribution in [-0.4, -0.2) is 34.3 Å². The van der Waals surface area contributed by atoms with Gasteiger partial charge in [0.1, 0.15) is 0 Å². The largest absolute Gasteiger partial charge is 0.356 e. The lowest BCUT2D eigenvalue weighted by Gasteiger charge is -2.13. The van der Waals surface area contributed by atoms with Crippen molar-refractivity contribution < 1.29 is 0 Å². The molecule has 0 bridgehead atoms. The fraction of sp³-hybridized carbons (Fsp3) is 0.471. The minimum Gasteiger partial charge on any atom is -0.356 e. The Balaban J connectivity index is 1.85. The average Bonchev–Trinajstić information content (AvgIpc) is 2.78. The minimum atomic E-state index is 0.722. The SMILES string of the molecule is CN=C(NCCc1ccncc1C)NCc1c(C)nn(C)c1C. The van der Waals surface area contributed by atoms with Crippen molar-refractivity contribution in [3.05, 3.63) is 46.5 Å². The summed E-state index contributed by atoms with van der Waals surface area (Å²) in [5.41, 5.74) is 5.99. The van der Waals surface area contributed by atoms with Crippen LogP contribution in [0, 0.1) is 20.8 Å². The van der Waals surface area contributed by atoms with Gasteiger partial charge in [-0.25, -0.2) is 0 Å². The molecule has 0 radical (unpaired) electrons. The molecule has 124 valence electrons. The zero-order valence-corrected chi connectivity index (χ0v) is 14.6. The fourth-order valence-corrected chi connectivity index (χ4v) is 2.56. The third kappa shape index (κ3) is 4.31. The lowest BCUT2D eigenvalue weighted by molar-refractivity contribution is 0.728. The van der Waals surface area contributed by atoms with E-state index in [4.69, 9.17) is 0 Å². The Morgan fingerprint density at radius 3 is 2.65 bits per heavy atom. The van der Waals surface area contributed by atoms with E-state index in [1.807, 2.05) is 31.0 Å². The first-order valence-corrected chi connectivity index (χ1v) is 7.86. The van der Waals surface area contributed by atoms with Crippen molar-refractivity contribution in [1.29, 1.82) is 0 Å². The molecule has 2 aromatic heterocycles. The van der Waals surface area contributed by atoms with Gasteiger partial charge < -0.3 is 10.6 Å². The number of hydrogen-bond donors (Lipinski definition) is 2. The van der Waals surface area contributed by atoms with Gasteiger partial charge in [0.05, 0.1) is 5.69 Å².